The zero-order valence-electron chi connectivity index (χ0n) is 7.08. The van der Waals surface area contributed by atoms with Gasteiger partial charge in [-0.15, -0.1) is 12.4 Å². The molecule has 0 bridgehead atoms. The maximum atomic E-state index is 3.53. The molecule has 1 aromatic carbocycles. The van der Waals surface area contributed by atoms with E-state index in [1.54, 1.807) is 12.4 Å². The molecule has 2 nitrogen and oxygen atoms in total. The zero-order valence-corrected chi connectivity index (χ0v) is 7.89. The molecule has 2 aromatic rings. The quantitative estimate of drug-likeness (QED) is 0.644. The van der Waals surface area contributed by atoms with Crippen molar-refractivity contribution in [2.45, 2.75) is 0 Å². The van der Waals surface area contributed by atoms with Crippen molar-refractivity contribution in [3.63, 3.8) is 0 Å². The molecule has 13 heavy (non-hydrogen) atoms. The van der Waals surface area contributed by atoms with E-state index in [2.05, 4.69) is 10.2 Å². The minimum absolute atomic E-state index is 0. The summed E-state index contributed by atoms with van der Waals surface area (Å²) in [6.07, 6.45) is 3.28. The van der Waals surface area contributed by atoms with E-state index in [-0.39, 0.29) is 12.4 Å². The molecule has 0 fully saturated rings. The van der Waals surface area contributed by atoms with Crippen molar-refractivity contribution < 1.29 is 0 Å². The van der Waals surface area contributed by atoms with Crippen molar-refractivity contribution in [2.24, 2.45) is 0 Å². The first-order valence-corrected chi connectivity index (χ1v) is 3.72. The predicted octanol–water partition coefficient (Wildman–Crippen LogP) is 2.58. The topological polar surface area (TPSA) is 25.8 Å². The van der Waals surface area contributed by atoms with Gasteiger partial charge in [-0.3, -0.25) is 0 Å². The van der Waals surface area contributed by atoms with Crippen LogP contribution in [0.3, 0.4) is 0 Å². The molecule has 0 saturated heterocycles. The highest BCUT2D eigenvalue weighted by Crippen LogP contribution is 1.79. The van der Waals surface area contributed by atoms with Crippen LogP contribution in [-0.4, -0.2) is 10.2 Å². The molecule has 1 aromatic heterocycles. The Morgan fingerprint density at radius 3 is 0.923 bits per heavy atom. The molecule has 0 aliphatic heterocycles. The van der Waals surface area contributed by atoms with E-state index in [0.29, 0.717) is 0 Å². The van der Waals surface area contributed by atoms with E-state index in [0.717, 1.165) is 0 Å². The van der Waals surface area contributed by atoms with Gasteiger partial charge in [-0.25, -0.2) is 0 Å². The molecule has 0 aliphatic rings. The Labute approximate surface area is 84.1 Å². The van der Waals surface area contributed by atoms with Crippen molar-refractivity contribution in [3.05, 3.63) is 60.9 Å². The second kappa shape index (κ2) is 8.68. The van der Waals surface area contributed by atoms with Crippen molar-refractivity contribution in [3.8, 4) is 0 Å². The lowest BCUT2D eigenvalue weighted by Gasteiger charge is -1.69. The van der Waals surface area contributed by atoms with Crippen LogP contribution in [0.4, 0.5) is 0 Å². The molecule has 1 heterocycles. The Balaban J connectivity index is 0.000000206. The lowest BCUT2D eigenvalue weighted by atomic mass is 10.4. The van der Waals surface area contributed by atoms with Gasteiger partial charge in [-0.2, -0.15) is 10.2 Å². The summed E-state index contributed by atoms with van der Waals surface area (Å²) in [7, 11) is 0. The van der Waals surface area contributed by atoms with Crippen LogP contribution in [0.1, 0.15) is 0 Å². The van der Waals surface area contributed by atoms with Crippen LogP contribution < -0.4 is 0 Å². The van der Waals surface area contributed by atoms with Crippen molar-refractivity contribution in [2.75, 3.05) is 0 Å². The molecule has 0 spiro atoms. The maximum Gasteiger partial charge on any atom is 0.0496 e. The third kappa shape index (κ3) is 6.97. The summed E-state index contributed by atoms with van der Waals surface area (Å²) in [5.74, 6) is 0. The van der Waals surface area contributed by atoms with Crippen LogP contribution in [0, 0.1) is 0 Å². The SMILES string of the molecule is Cl.c1ccccc1.c1ccnnc1. The molecule has 68 valence electrons. The van der Waals surface area contributed by atoms with E-state index < -0.39 is 0 Å². The summed E-state index contributed by atoms with van der Waals surface area (Å²) in [5.41, 5.74) is 0. The second-order valence-corrected chi connectivity index (χ2v) is 2.07. The number of hydrogen-bond donors (Lipinski definition) is 0. The van der Waals surface area contributed by atoms with Gasteiger partial charge in [-0.1, -0.05) is 36.4 Å². The number of hydrogen-bond acceptors (Lipinski definition) is 2. The summed E-state index contributed by atoms with van der Waals surface area (Å²) < 4.78 is 0. The molecule has 0 atom stereocenters. The van der Waals surface area contributed by atoms with E-state index in [4.69, 9.17) is 0 Å². The van der Waals surface area contributed by atoms with Crippen LogP contribution in [0.15, 0.2) is 60.9 Å². The molecule has 0 N–H and O–H groups in total. The molecular weight excluding hydrogens is 184 g/mol. The first-order chi connectivity index (χ1) is 6.00. The molecule has 0 saturated carbocycles. The third-order valence-electron chi connectivity index (χ3n) is 1.15. The van der Waals surface area contributed by atoms with Gasteiger partial charge >= 0.3 is 0 Å². The average Bonchev–Trinajstić information content (AvgIpc) is 2.24. The van der Waals surface area contributed by atoms with Crippen LogP contribution in [0.25, 0.3) is 0 Å². The Morgan fingerprint density at radius 2 is 0.769 bits per heavy atom. The molecule has 3 heteroatoms. The summed E-state index contributed by atoms with van der Waals surface area (Å²) in [6, 6.07) is 15.7. The third-order valence-corrected chi connectivity index (χ3v) is 1.15. The molecule has 0 unspecified atom stereocenters. The molecular formula is C10H11ClN2. The van der Waals surface area contributed by atoms with Crippen molar-refractivity contribution >= 4 is 12.4 Å². The van der Waals surface area contributed by atoms with Gasteiger partial charge in [0, 0.05) is 12.4 Å². The average molecular weight is 195 g/mol. The van der Waals surface area contributed by atoms with Gasteiger partial charge in [0.1, 0.15) is 0 Å². The Kier molecular flexibility index (Phi) is 7.74. The highest BCUT2D eigenvalue weighted by Gasteiger charge is 1.59. The Bertz CT molecular complexity index is 188. The summed E-state index contributed by atoms with van der Waals surface area (Å²) in [6.45, 7) is 0. The smallest absolute Gasteiger partial charge is 0.0496 e. The zero-order chi connectivity index (χ0) is 8.49. The highest BCUT2D eigenvalue weighted by atomic mass is 35.5. The van der Waals surface area contributed by atoms with E-state index in [1.165, 1.54) is 0 Å². The van der Waals surface area contributed by atoms with E-state index in [9.17, 15) is 0 Å². The fourth-order valence-corrected chi connectivity index (χ4v) is 0.638. The fraction of sp³-hybridized carbons (Fsp3) is 0. The number of halogens is 1. The fourth-order valence-electron chi connectivity index (χ4n) is 0.638. The molecule has 0 radical (unpaired) electrons. The molecule has 0 aliphatic carbocycles. The lowest BCUT2D eigenvalue weighted by molar-refractivity contribution is 1.03. The first-order valence-electron chi connectivity index (χ1n) is 3.72. The van der Waals surface area contributed by atoms with Crippen LogP contribution in [0.5, 0.6) is 0 Å². The van der Waals surface area contributed by atoms with Gasteiger partial charge < -0.3 is 0 Å². The van der Waals surface area contributed by atoms with Gasteiger partial charge in [0.2, 0.25) is 0 Å². The number of nitrogens with zero attached hydrogens (tertiary/aromatic N) is 2. The normalized spacial score (nSPS) is 7.38. The monoisotopic (exact) mass is 194 g/mol. The number of benzene rings is 1. The Hall–Kier alpha value is -1.41. The van der Waals surface area contributed by atoms with E-state index >= 15 is 0 Å². The van der Waals surface area contributed by atoms with Crippen molar-refractivity contribution in [1.29, 1.82) is 0 Å². The minimum atomic E-state index is 0. The Morgan fingerprint density at radius 1 is 0.462 bits per heavy atom. The standard InChI is InChI=1S/C6H6.C4H4N2.ClH/c2*1-2-4-6-5-3-1;/h1-6H;1-4H;1H. The van der Waals surface area contributed by atoms with Gasteiger partial charge in [0.15, 0.2) is 0 Å². The summed E-state index contributed by atoms with van der Waals surface area (Å²) in [4.78, 5) is 0. The van der Waals surface area contributed by atoms with Crippen LogP contribution in [-0.2, 0) is 0 Å². The molecule has 0 amide bonds. The second-order valence-electron chi connectivity index (χ2n) is 2.07. The van der Waals surface area contributed by atoms with Gasteiger partial charge in [0.25, 0.3) is 0 Å². The predicted molar refractivity (Wildman–Crippen MR) is 55.7 cm³/mol. The maximum absolute atomic E-state index is 3.53. The highest BCUT2D eigenvalue weighted by molar-refractivity contribution is 5.85. The number of rotatable bonds is 0. The van der Waals surface area contributed by atoms with E-state index in [1.807, 2.05) is 48.5 Å². The van der Waals surface area contributed by atoms with Crippen molar-refractivity contribution in [1.82, 2.24) is 10.2 Å². The molecule has 2 rings (SSSR count). The van der Waals surface area contributed by atoms with Gasteiger partial charge in [0.05, 0.1) is 0 Å². The largest absolute Gasteiger partial charge is 0.159 e. The number of aromatic nitrogens is 2. The van der Waals surface area contributed by atoms with Crippen LogP contribution in [0.2, 0.25) is 0 Å². The lowest BCUT2D eigenvalue weighted by Crippen LogP contribution is -1.69. The minimum Gasteiger partial charge on any atom is -0.159 e. The first kappa shape index (κ1) is 11.6. The van der Waals surface area contributed by atoms with Crippen LogP contribution >= 0.6 is 12.4 Å². The summed E-state index contributed by atoms with van der Waals surface area (Å²) in [5, 5.41) is 7.07. The summed E-state index contributed by atoms with van der Waals surface area (Å²) >= 11 is 0. The van der Waals surface area contributed by atoms with Gasteiger partial charge in [-0.05, 0) is 12.1 Å².